The Morgan fingerprint density at radius 1 is 1.00 bits per heavy atom. The highest BCUT2D eigenvalue weighted by Gasteiger charge is 2.14. The zero-order valence-corrected chi connectivity index (χ0v) is 12.6. The van der Waals surface area contributed by atoms with Crippen LogP contribution < -0.4 is 19.9 Å². The molecule has 0 aliphatic rings. The van der Waals surface area contributed by atoms with E-state index in [1.165, 1.54) is 0 Å². The van der Waals surface area contributed by atoms with Crippen LogP contribution in [0.3, 0.4) is 0 Å². The average Bonchev–Trinajstić information content (AvgIpc) is 2.49. The summed E-state index contributed by atoms with van der Waals surface area (Å²) in [5.74, 6) is 2.98. The van der Waals surface area contributed by atoms with Crippen molar-refractivity contribution in [3.63, 3.8) is 0 Å². The van der Waals surface area contributed by atoms with E-state index in [2.05, 4.69) is 0 Å². The summed E-state index contributed by atoms with van der Waals surface area (Å²) >= 11 is 0. The Bertz CT molecular complexity index is 579. The molecule has 0 radical (unpaired) electrons. The molecule has 0 saturated heterocycles. The number of rotatable bonds is 6. The van der Waals surface area contributed by atoms with Crippen molar-refractivity contribution in [2.45, 2.75) is 19.9 Å². The number of nitrogens with two attached hydrogens (primary N) is 1. The second-order valence-corrected chi connectivity index (χ2v) is 4.67. The normalized spacial score (nSPS) is 11.8. The molecule has 2 rings (SSSR count). The van der Waals surface area contributed by atoms with Crippen molar-refractivity contribution in [1.29, 1.82) is 0 Å². The van der Waals surface area contributed by atoms with Gasteiger partial charge in [0.1, 0.15) is 23.0 Å². The summed E-state index contributed by atoms with van der Waals surface area (Å²) in [6.45, 7) is 4.50. The van der Waals surface area contributed by atoms with E-state index in [1.54, 1.807) is 7.11 Å². The van der Waals surface area contributed by atoms with Gasteiger partial charge in [0.25, 0.3) is 0 Å². The number of benzene rings is 2. The largest absolute Gasteiger partial charge is 0.496 e. The molecule has 2 aromatic rings. The van der Waals surface area contributed by atoms with Gasteiger partial charge in [-0.15, -0.1) is 0 Å². The monoisotopic (exact) mass is 287 g/mol. The molecular formula is C17H21NO3. The molecule has 2 N–H and O–H groups in total. The SMILES string of the molecule is CCOc1ccc(Oc2cccc(OC)c2C(C)N)cc1. The van der Waals surface area contributed by atoms with Crippen LogP contribution in [-0.2, 0) is 0 Å². The molecule has 0 amide bonds. The Morgan fingerprint density at radius 2 is 1.62 bits per heavy atom. The number of hydrogen-bond donors (Lipinski definition) is 1. The minimum atomic E-state index is -0.182. The summed E-state index contributed by atoms with van der Waals surface area (Å²) in [5, 5.41) is 0. The van der Waals surface area contributed by atoms with Gasteiger partial charge in [-0.2, -0.15) is 0 Å². The summed E-state index contributed by atoms with van der Waals surface area (Å²) in [6.07, 6.45) is 0. The van der Waals surface area contributed by atoms with Crippen LogP contribution in [0.15, 0.2) is 42.5 Å². The zero-order chi connectivity index (χ0) is 15.2. The lowest BCUT2D eigenvalue weighted by Crippen LogP contribution is -2.08. The van der Waals surface area contributed by atoms with Crippen LogP contribution in [0.2, 0.25) is 0 Å². The average molecular weight is 287 g/mol. The lowest BCUT2D eigenvalue weighted by molar-refractivity contribution is 0.339. The molecule has 0 bridgehead atoms. The molecule has 0 fully saturated rings. The Balaban J connectivity index is 2.26. The summed E-state index contributed by atoms with van der Waals surface area (Å²) in [7, 11) is 1.63. The third kappa shape index (κ3) is 3.67. The molecule has 21 heavy (non-hydrogen) atoms. The predicted molar refractivity (Wildman–Crippen MR) is 83.3 cm³/mol. The summed E-state index contributed by atoms with van der Waals surface area (Å²) in [5.41, 5.74) is 6.88. The first kappa shape index (κ1) is 15.2. The molecule has 4 heteroatoms. The van der Waals surface area contributed by atoms with E-state index < -0.39 is 0 Å². The van der Waals surface area contributed by atoms with Gasteiger partial charge in [0.2, 0.25) is 0 Å². The van der Waals surface area contributed by atoms with Crippen molar-refractivity contribution < 1.29 is 14.2 Å². The topological polar surface area (TPSA) is 53.7 Å². The lowest BCUT2D eigenvalue weighted by Gasteiger charge is -2.17. The second kappa shape index (κ2) is 6.99. The molecule has 0 saturated carbocycles. The van der Waals surface area contributed by atoms with Gasteiger partial charge in [-0.1, -0.05) is 6.07 Å². The van der Waals surface area contributed by atoms with Crippen molar-refractivity contribution in [3.05, 3.63) is 48.0 Å². The van der Waals surface area contributed by atoms with Crippen LogP contribution in [0.4, 0.5) is 0 Å². The van der Waals surface area contributed by atoms with Gasteiger partial charge in [0, 0.05) is 6.04 Å². The summed E-state index contributed by atoms with van der Waals surface area (Å²) < 4.78 is 16.7. The zero-order valence-electron chi connectivity index (χ0n) is 12.6. The Hall–Kier alpha value is -2.20. The summed E-state index contributed by atoms with van der Waals surface area (Å²) in [6, 6.07) is 13.0. The molecule has 4 nitrogen and oxygen atoms in total. The van der Waals surface area contributed by atoms with E-state index >= 15 is 0 Å². The highest BCUT2D eigenvalue weighted by molar-refractivity contribution is 5.48. The fourth-order valence-electron chi connectivity index (χ4n) is 2.14. The van der Waals surface area contributed by atoms with Crippen molar-refractivity contribution in [2.24, 2.45) is 5.73 Å². The first-order valence-corrected chi connectivity index (χ1v) is 6.99. The maximum Gasteiger partial charge on any atom is 0.135 e. The second-order valence-electron chi connectivity index (χ2n) is 4.67. The number of methoxy groups -OCH3 is 1. The molecule has 0 aliphatic carbocycles. The van der Waals surface area contributed by atoms with E-state index in [0.29, 0.717) is 12.4 Å². The number of hydrogen-bond acceptors (Lipinski definition) is 4. The van der Waals surface area contributed by atoms with Crippen molar-refractivity contribution in [2.75, 3.05) is 13.7 Å². The Labute approximate surface area is 125 Å². The van der Waals surface area contributed by atoms with Crippen LogP contribution in [0, 0.1) is 0 Å². The van der Waals surface area contributed by atoms with Crippen LogP contribution >= 0.6 is 0 Å². The Morgan fingerprint density at radius 3 is 2.19 bits per heavy atom. The standard InChI is InChI=1S/C17H21NO3/c1-4-20-13-8-10-14(11-9-13)21-16-7-5-6-15(19-3)17(16)12(2)18/h5-12H,4,18H2,1-3H3. The molecule has 0 aliphatic heterocycles. The molecule has 2 aromatic carbocycles. The predicted octanol–water partition coefficient (Wildman–Crippen LogP) is 3.91. The van der Waals surface area contributed by atoms with Gasteiger partial charge >= 0.3 is 0 Å². The van der Waals surface area contributed by atoms with Crippen LogP contribution in [0.1, 0.15) is 25.5 Å². The fraction of sp³-hybridized carbons (Fsp3) is 0.294. The van der Waals surface area contributed by atoms with E-state index in [0.717, 1.165) is 22.8 Å². The highest BCUT2D eigenvalue weighted by atomic mass is 16.5. The van der Waals surface area contributed by atoms with Gasteiger partial charge in [-0.25, -0.2) is 0 Å². The molecule has 1 unspecified atom stereocenters. The molecule has 0 spiro atoms. The maximum atomic E-state index is 6.03. The molecule has 0 heterocycles. The third-order valence-electron chi connectivity index (χ3n) is 3.06. The van der Waals surface area contributed by atoms with Gasteiger partial charge in [0.15, 0.2) is 0 Å². The Kier molecular flexibility index (Phi) is 5.06. The first-order valence-electron chi connectivity index (χ1n) is 6.99. The van der Waals surface area contributed by atoms with Crippen LogP contribution in [0.25, 0.3) is 0 Å². The lowest BCUT2D eigenvalue weighted by atomic mass is 10.1. The molecule has 1 atom stereocenters. The highest BCUT2D eigenvalue weighted by Crippen LogP contribution is 2.35. The van der Waals surface area contributed by atoms with Crippen LogP contribution in [-0.4, -0.2) is 13.7 Å². The van der Waals surface area contributed by atoms with E-state index in [4.69, 9.17) is 19.9 Å². The molecule has 112 valence electrons. The first-order chi connectivity index (χ1) is 10.2. The van der Waals surface area contributed by atoms with Crippen LogP contribution in [0.5, 0.6) is 23.0 Å². The minimum absolute atomic E-state index is 0.182. The maximum absolute atomic E-state index is 6.03. The molecular weight excluding hydrogens is 266 g/mol. The van der Waals surface area contributed by atoms with E-state index in [-0.39, 0.29) is 6.04 Å². The van der Waals surface area contributed by atoms with Gasteiger partial charge in [-0.3, -0.25) is 0 Å². The smallest absolute Gasteiger partial charge is 0.135 e. The van der Waals surface area contributed by atoms with Crippen molar-refractivity contribution in [3.8, 4) is 23.0 Å². The molecule has 0 aromatic heterocycles. The quantitative estimate of drug-likeness (QED) is 0.875. The number of ether oxygens (including phenoxy) is 3. The van der Waals surface area contributed by atoms with E-state index in [9.17, 15) is 0 Å². The van der Waals surface area contributed by atoms with Gasteiger partial charge in [0.05, 0.1) is 19.3 Å². The van der Waals surface area contributed by atoms with Crippen molar-refractivity contribution >= 4 is 0 Å². The minimum Gasteiger partial charge on any atom is -0.496 e. The summed E-state index contributed by atoms with van der Waals surface area (Å²) in [4.78, 5) is 0. The van der Waals surface area contributed by atoms with Gasteiger partial charge in [-0.05, 0) is 50.2 Å². The third-order valence-corrected chi connectivity index (χ3v) is 3.06. The fourth-order valence-corrected chi connectivity index (χ4v) is 2.14. The van der Waals surface area contributed by atoms with Gasteiger partial charge < -0.3 is 19.9 Å². The van der Waals surface area contributed by atoms with Crippen molar-refractivity contribution in [1.82, 2.24) is 0 Å². The van der Waals surface area contributed by atoms with E-state index in [1.807, 2.05) is 56.3 Å².